The van der Waals surface area contributed by atoms with E-state index >= 15 is 0 Å². The zero-order valence-electron chi connectivity index (χ0n) is 10.2. The smallest absolute Gasteiger partial charge is 0.129 e. The number of aromatic nitrogens is 1. The van der Waals surface area contributed by atoms with Crippen molar-refractivity contribution in [2.75, 3.05) is 18.0 Å². The van der Waals surface area contributed by atoms with Crippen LogP contribution in [0.4, 0.5) is 5.82 Å². The molecule has 1 saturated heterocycles. The van der Waals surface area contributed by atoms with Crippen molar-refractivity contribution in [3.8, 4) is 0 Å². The lowest BCUT2D eigenvalue weighted by Gasteiger charge is -2.36. The largest absolute Gasteiger partial charge is 0.384 e. The maximum atomic E-state index is 7.43. The van der Waals surface area contributed by atoms with Crippen molar-refractivity contribution in [2.45, 2.75) is 26.1 Å². The molecule has 5 heteroatoms. The minimum Gasteiger partial charge on any atom is -0.384 e. The van der Waals surface area contributed by atoms with Gasteiger partial charge in [-0.2, -0.15) is 0 Å². The fourth-order valence-corrected chi connectivity index (χ4v) is 2.12. The van der Waals surface area contributed by atoms with E-state index in [0.717, 1.165) is 18.9 Å². The summed E-state index contributed by atoms with van der Waals surface area (Å²) in [6, 6.07) is 3.60. The summed E-state index contributed by atoms with van der Waals surface area (Å²) in [7, 11) is 0. The van der Waals surface area contributed by atoms with Crippen molar-refractivity contribution in [3.05, 3.63) is 23.9 Å². The Balaban J connectivity index is 2.21. The molecule has 0 aromatic carbocycles. The van der Waals surface area contributed by atoms with Crippen molar-refractivity contribution in [1.29, 1.82) is 5.41 Å². The van der Waals surface area contributed by atoms with Crippen molar-refractivity contribution >= 4 is 11.7 Å². The molecule has 1 aliphatic heterocycles. The number of amidine groups is 1. The van der Waals surface area contributed by atoms with Crippen molar-refractivity contribution in [1.82, 2.24) is 4.98 Å². The number of hydrogen-bond donors (Lipinski definition) is 2. The van der Waals surface area contributed by atoms with E-state index in [1.54, 1.807) is 12.3 Å². The van der Waals surface area contributed by atoms with Gasteiger partial charge >= 0.3 is 0 Å². The average molecular weight is 234 g/mol. The Hall–Kier alpha value is -1.62. The predicted octanol–water partition coefficient (Wildman–Crippen LogP) is 0.979. The highest BCUT2D eigenvalue weighted by molar-refractivity contribution is 5.95. The summed E-state index contributed by atoms with van der Waals surface area (Å²) in [4.78, 5) is 6.50. The molecule has 0 spiro atoms. The van der Waals surface area contributed by atoms with E-state index in [0.29, 0.717) is 5.56 Å². The summed E-state index contributed by atoms with van der Waals surface area (Å²) in [5.74, 6) is 0.933. The normalized spacial score (nSPS) is 24.7. The molecule has 2 heterocycles. The third-order valence-electron chi connectivity index (χ3n) is 2.80. The van der Waals surface area contributed by atoms with Gasteiger partial charge in [-0.25, -0.2) is 4.98 Å². The Bertz CT molecular complexity index is 411. The van der Waals surface area contributed by atoms with Crippen molar-refractivity contribution < 1.29 is 4.74 Å². The minimum atomic E-state index is 0.0722. The van der Waals surface area contributed by atoms with Crippen LogP contribution in [0, 0.1) is 5.41 Å². The zero-order chi connectivity index (χ0) is 12.4. The second-order valence-electron chi connectivity index (χ2n) is 4.48. The van der Waals surface area contributed by atoms with E-state index in [4.69, 9.17) is 15.9 Å². The number of pyridine rings is 1. The van der Waals surface area contributed by atoms with E-state index in [1.165, 1.54) is 0 Å². The maximum Gasteiger partial charge on any atom is 0.129 e. The van der Waals surface area contributed by atoms with E-state index in [1.807, 2.05) is 6.07 Å². The van der Waals surface area contributed by atoms with Crippen LogP contribution in [0.1, 0.15) is 19.4 Å². The van der Waals surface area contributed by atoms with Crippen LogP contribution in [-0.4, -0.2) is 36.1 Å². The number of anilines is 1. The van der Waals surface area contributed by atoms with Crippen LogP contribution >= 0.6 is 0 Å². The molecule has 92 valence electrons. The Labute approximate surface area is 101 Å². The van der Waals surface area contributed by atoms with Gasteiger partial charge in [0.1, 0.15) is 11.7 Å². The number of ether oxygens (including phenoxy) is 1. The first kappa shape index (κ1) is 11.9. The van der Waals surface area contributed by atoms with Gasteiger partial charge in [0, 0.05) is 24.8 Å². The molecule has 0 amide bonds. The minimum absolute atomic E-state index is 0.0722. The highest BCUT2D eigenvalue weighted by Gasteiger charge is 2.23. The molecule has 0 bridgehead atoms. The van der Waals surface area contributed by atoms with E-state index in [9.17, 15) is 0 Å². The molecule has 1 aliphatic rings. The number of nitrogens with one attached hydrogen (secondary N) is 1. The van der Waals surface area contributed by atoms with Crippen molar-refractivity contribution in [2.24, 2.45) is 5.73 Å². The second-order valence-corrected chi connectivity index (χ2v) is 4.48. The third kappa shape index (κ3) is 2.74. The van der Waals surface area contributed by atoms with Crippen LogP contribution < -0.4 is 10.6 Å². The average Bonchev–Trinajstić information content (AvgIpc) is 2.28. The van der Waals surface area contributed by atoms with Crippen molar-refractivity contribution in [3.63, 3.8) is 0 Å². The van der Waals surface area contributed by atoms with Gasteiger partial charge in [0.2, 0.25) is 0 Å². The zero-order valence-corrected chi connectivity index (χ0v) is 10.2. The lowest BCUT2D eigenvalue weighted by Crippen LogP contribution is -2.45. The molecule has 17 heavy (non-hydrogen) atoms. The van der Waals surface area contributed by atoms with Gasteiger partial charge in [0.05, 0.1) is 12.2 Å². The molecule has 2 rings (SSSR count). The Morgan fingerprint density at radius 2 is 2.12 bits per heavy atom. The second kappa shape index (κ2) is 4.71. The molecule has 5 nitrogen and oxygen atoms in total. The topological polar surface area (TPSA) is 75.2 Å². The molecule has 0 radical (unpaired) electrons. The van der Waals surface area contributed by atoms with Crippen LogP contribution in [0.5, 0.6) is 0 Å². The lowest BCUT2D eigenvalue weighted by molar-refractivity contribution is -0.00545. The van der Waals surface area contributed by atoms with Gasteiger partial charge in [-0.3, -0.25) is 5.41 Å². The van der Waals surface area contributed by atoms with Gasteiger partial charge < -0.3 is 15.4 Å². The molecular formula is C12H18N4O. The van der Waals surface area contributed by atoms with Gasteiger partial charge in [0.25, 0.3) is 0 Å². The summed E-state index contributed by atoms with van der Waals surface area (Å²) in [6.07, 6.45) is 2.08. The molecule has 1 aromatic rings. The maximum absolute atomic E-state index is 7.43. The highest BCUT2D eigenvalue weighted by atomic mass is 16.5. The number of rotatable bonds is 2. The van der Waals surface area contributed by atoms with E-state index < -0.39 is 0 Å². The Kier molecular flexibility index (Phi) is 3.28. The lowest BCUT2D eigenvalue weighted by atomic mass is 10.2. The molecule has 3 N–H and O–H groups in total. The van der Waals surface area contributed by atoms with Gasteiger partial charge in [-0.1, -0.05) is 0 Å². The summed E-state index contributed by atoms with van der Waals surface area (Å²) >= 11 is 0. The molecule has 0 unspecified atom stereocenters. The number of morpholine rings is 1. The van der Waals surface area contributed by atoms with E-state index in [-0.39, 0.29) is 18.0 Å². The monoisotopic (exact) mass is 234 g/mol. The molecule has 0 aliphatic carbocycles. The number of hydrogen-bond acceptors (Lipinski definition) is 4. The quantitative estimate of drug-likeness (QED) is 0.591. The number of nitrogens with two attached hydrogens (primary N) is 1. The molecule has 1 aromatic heterocycles. The molecule has 1 fully saturated rings. The molecule has 0 saturated carbocycles. The van der Waals surface area contributed by atoms with Crippen LogP contribution in [0.25, 0.3) is 0 Å². The number of nitrogen functional groups attached to an aromatic ring is 1. The molecular weight excluding hydrogens is 216 g/mol. The standard InChI is InChI=1S/C12H18N4O/c1-8-6-16(7-9(2)17-8)11-5-10(12(13)14)3-4-15-11/h3-5,8-9H,6-7H2,1-2H3,(H3,13,14)/t8-,9+. The SMILES string of the molecule is C[C@@H]1CN(c2cc(C(=N)N)ccn2)C[C@H](C)O1. The van der Waals surface area contributed by atoms with Gasteiger partial charge in [-0.15, -0.1) is 0 Å². The fourth-order valence-electron chi connectivity index (χ4n) is 2.12. The Morgan fingerprint density at radius 1 is 1.47 bits per heavy atom. The predicted molar refractivity (Wildman–Crippen MR) is 67.5 cm³/mol. The summed E-state index contributed by atoms with van der Waals surface area (Å²) < 4.78 is 5.68. The number of nitrogens with zero attached hydrogens (tertiary/aromatic N) is 2. The van der Waals surface area contributed by atoms with E-state index in [2.05, 4.69) is 23.7 Å². The van der Waals surface area contributed by atoms with Gasteiger partial charge in [0.15, 0.2) is 0 Å². The first-order valence-corrected chi connectivity index (χ1v) is 5.77. The third-order valence-corrected chi connectivity index (χ3v) is 2.80. The van der Waals surface area contributed by atoms with Crippen LogP contribution in [-0.2, 0) is 4.74 Å². The van der Waals surface area contributed by atoms with Gasteiger partial charge in [-0.05, 0) is 26.0 Å². The van der Waals surface area contributed by atoms with Crippen LogP contribution in [0.3, 0.4) is 0 Å². The summed E-state index contributed by atoms with van der Waals surface area (Å²) in [5.41, 5.74) is 6.19. The fraction of sp³-hybridized carbons (Fsp3) is 0.500. The van der Waals surface area contributed by atoms with Crippen LogP contribution in [0.15, 0.2) is 18.3 Å². The summed E-state index contributed by atoms with van der Waals surface area (Å²) in [6.45, 7) is 5.74. The molecule has 2 atom stereocenters. The first-order chi connectivity index (χ1) is 8.06. The first-order valence-electron chi connectivity index (χ1n) is 5.77. The Morgan fingerprint density at radius 3 is 2.71 bits per heavy atom. The highest BCUT2D eigenvalue weighted by Crippen LogP contribution is 2.18. The summed E-state index contributed by atoms with van der Waals surface area (Å²) in [5, 5.41) is 7.43. The van der Waals surface area contributed by atoms with Crippen LogP contribution in [0.2, 0.25) is 0 Å².